The Kier molecular flexibility index (Phi) is 4.23. The van der Waals surface area contributed by atoms with Crippen LogP contribution in [0.4, 0.5) is 0 Å². The molecule has 0 aromatic carbocycles. The van der Waals surface area contributed by atoms with Gasteiger partial charge in [0.15, 0.2) is 0 Å². The zero-order valence-corrected chi connectivity index (χ0v) is 5.58. The zero-order valence-electron chi connectivity index (χ0n) is 4.76. The van der Waals surface area contributed by atoms with Gasteiger partial charge in [-0.25, -0.2) is 0 Å². The summed E-state index contributed by atoms with van der Waals surface area (Å²) in [4.78, 5) is 0. The van der Waals surface area contributed by atoms with E-state index >= 15 is 0 Å². The van der Waals surface area contributed by atoms with Gasteiger partial charge in [-0.3, -0.25) is 0 Å². The second-order valence-corrected chi connectivity index (χ2v) is 2.00. The Morgan fingerprint density at radius 2 is 2.25 bits per heavy atom. The molecule has 0 radical (unpaired) electrons. The van der Waals surface area contributed by atoms with Gasteiger partial charge >= 0.3 is 0 Å². The molecular weight excluding hydrogens is 126 g/mol. The molecule has 1 heterocycles. The molecule has 1 aliphatic heterocycles. The molecule has 50 valence electrons. The van der Waals surface area contributed by atoms with Crippen molar-refractivity contribution >= 4 is 12.4 Å². The minimum Gasteiger partial charge on any atom is -0.392 e. The summed E-state index contributed by atoms with van der Waals surface area (Å²) in [5, 5.41) is 11.9. The summed E-state index contributed by atoms with van der Waals surface area (Å²) in [6.07, 6.45) is 2.03. The molecule has 2 N–H and O–H groups in total. The van der Waals surface area contributed by atoms with Gasteiger partial charge in [0.1, 0.15) is 0 Å². The van der Waals surface area contributed by atoms with Gasteiger partial charge in [0.05, 0.1) is 6.10 Å². The highest BCUT2D eigenvalue weighted by Crippen LogP contribution is 1.98. The summed E-state index contributed by atoms with van der Waals surface area (Å²) in [5.41, 5.74) is 0. The molecule has 3 heteroatoms. The van der Waals surface area contributed by atoms with Crippen molar-refractivity contribution < 1.29 is 5.11 Å². The monoisotopic (exact) mass is 137 g/mol. The molecule has 1 fully saturated rings. The summed E-state index contributed by atoms with van der Waals surface area (Å²) < 4.78 is 0. The van der Waals surface area contributed by atoms with Crippen LogP contribution in [-0.2, 0) is 0 Å². The summed E-state index contributed by atoms with van der Waals surface area (Å²) >= 11 is 0. The smallest absolute Gasteiger partial charge is 0.0665 e. The molecule has 1 saturated heterocycles. The maximum atomic E-state index is 8.85. The number of aliphatic hydroxyl groups excluding tert-OH is 1. The minimum atomic E-state index is -0.0752. The lowest BCUT2D eigenvalue weighted by Crippen LogP contribution is -2.33. The normalized spacial score (nSPS) is 28.9. The van der Waals surface area contributed by atoms with Gasteiger partial charge in [-0.05, 0) is 19.4 Å². The molecule has 2 nitrogen and oxygen atoms in total. The van der Waals surface area contributed by atoms with Crippen molar-refractivity contribution in [1.29, 1.82) is 0 Å². The van der Waals surface area contributed by atoms with E-state index in [9.17, 15) is 0 Å². The third-order valence-corrected chi connectivity index (χ3v) is 1.27. The Labute approximate surface area is 55.7 Å². The van der Waals surface area contributed by atoms with E-state index in [1.165, 1.54) is 0 Å². The molecule has 0 saturated carbocycles. The number of β-amino-alcohol motifs (C(OH)–C–C–N with tert-alkyl or cyclic N) is 1. The summed E-state index contributed by atoms with van der Waals surface area (Å²) in [7, 11) is 0. The van der Waals surface area contributed by atoms with Crippen LogP contribution < -0.4 is 5.32 Å². The van der Waals surface area contributed by atoms with Crippen LogP contribution in [0.15, 0.2) is 0 Å². The average molecular weight is 138 g/mol. The van der Waals surface area contributed by atoms with E-state index in [-0.39, 0.29) is 18.5 Å². The van der Waals surface area contributed by atoms with Crippen LogP contribution in [0.2, 0.25) is 0 Å². The third-order valence-electron chi connectivity index (χ3n) is 1.27. The van der Waals surface area contributed by atoms with Crippen molar-refractivity contribution in [2.75, 3.05) is 13.1 Å². The quantitative estimate of drug-likeness (QED) is 0.498. The number of aliphatic hydroxyl groups is 1. The summed E-state index contributed by atoms with van der Waals surface area (Å²) in [5.74, 6) is 0. The fourth-order valence-electron chi connectivity index (χ4n) is 0.833. The second-order valence-electron chi connectivity index (χ2n) is 2.00. The number of hydrogen-bond donors (Lipinski definition) is 2. The van der Waals surface area contributed by atoms with E-state index < -0.39 is 0 Å². The Balaban J connectivity index is 0.000000490. The first-order valence-electron chi connectivity index (χ1n) is 2.78. The van der Waals surface area contributed by atoms with E-state index in [1.54, 1.807) is 0 Å². The van der Waals surface area contributed by atoms with Crippen LogP contribution in [0, 0.1) is 0 Å². The lowest BCUT2D eigenvalue weighted by Gasteiger charge is -2.16. The molecule has 0 unspecified atom stereocenters. The highest BCUT2D eigenvalue weighted by molar-refractivity contribution is 5.85. The van der Waals surface area contributed by atoms with Crippen molar-refractivity contribution in [2.24, 2.45) is 0 Å². The zero-order chi connectivity index (χ0) is 5.11. The Morgan fingerprint density at radius 3 is 2.50 bits per heavy atom. The van der Waals surface area contributed by atoms with Gasteiger partial charge in [0.25, 0.3) is 0 Å². The van der Waals surface area contributed by atoms with E-state index in [0.29, 0.717) is 0 Å². The second kappa shape index (κ2) is 4.13. The number of rotatable bonds is 0. The van der Waals surface area contributed by atoms with Gasteiger partial charge in [-0.2, -0.15) is 0 Å². The van der Waals surface area contributed by atoms with Crippen molar-refractivity contribution in [1.82, 2.24) is 5.32 Å². The van der Waals surface area contributed by atoms with Crippen molar-refractivity contribution in [3.8, 4) is 0 Å². The molecule has 0 aromatic heterocycles. The van der Waals surface area contributed by atoms with Crippen LogP contribution >= 0.6 is 12.4 Å². The fraction of sp³-hybridized carbons (Fsp3) is 1.00. The van der Waals surface area contributed by atoms with Gasteiger partial charge in [0.2, 0.25) is 0 Å². The minimum absolute atomic E-state index is 0. The fourth-order valence-corrected chi connectivity index (χ4v) is 0.833. The van der Waals surface area contributed by atoms with Crippen LogP contribution in [-0.4, -0.2) is 24.3 Å². The molecule has 1 aliphatic rings. The lowest BCUT2D eigenvalue weighted by atomic mass is 10.1. The highest BCUT2D eigenvalue weighted by atomic mass is 35.5. The Bertz CT molecular complexity index is 54.4. The first-order valence-corrected chi connectivity index (χ1v) is 2.78. The summed E-state index contributed by atoms with van der Waals surface area (Å²) in [6, 6.07) is 0. The molecule has 0 aromatic rings. The molecule has 1 rings (SSSR count). The molecular formula is C5H12ClNO. The lowest BCUT2D eigenvalue weighted by molar-refractivity contribution is 0.142. The summed E-state index contributed by atoms with van der Waals surface area (Å²) in [6.45, 7) is 1.87. The molecule has 8 heavy (non-hydrogen) atoms. The van der Waals surface area contributed by atoms with E-state index in [1.807, 2.05) is 0 Å². The van der Waals surface area contributed by atoms with Crippen molar-refractivity contribution in [3.05, 3.63) is 0 Å². The topological polar surface area (TPSA) is 32.3 Å². The Hall–Kier alpha value is 0.210. The van der Waals surface area contributed by atoms with Gasteiger partial charge in [-0.15, -0.1) is 12.4 Å². The highest BCUT2D eigenvalue weighted by Gasteiger charge is 2.06. The van der Waals surface area contributed by atoms with Gasteiger partial charge in [0, 0.05) is 6.54 Å². The van der Waals surface area contributed by atoms with Crippen molar-refractivity contribution in [2.45, 2.75) is 18.9 Å². The van der Waals surface area contributed by atoms with Crippen LogP contribution in [0.5, 0.6) is 0 Å². The number of halogens is 1. The predicted octanol–water partition coefficient (Wildman–Crippen LogP) is 0.152. The molecule has 0 amide bonds. The molecule has 0 spiro atoms. The van der Waals surface area contributed by atoms with Crippen LogP contribution in [0.3, 0.4) is 0 Å². The standard InChI is InChI=1S/C5H11NO.ClH/c7-5-2-1-3-6-4-5;/h5-7H,1-4H2;1H/t5-;/m0./s1. The largest absolute Gasteiger partial charge is 0.392 e. The van der Waals surface area contributed by atoms with Crippen molar-refractivity contribution in [3.63, 3.8) is 0 Å². The Morgan fingerprint density at radius 1 is 1.50 bits per heavy atom. The SMILES string of the molecule is Cl.O[C@H]1CCCNC1. The maximum Gasteiger partial charge on any atom is 0.0665 e. The first kappa shape index (κ1) is 8.21. The average Bonchev–Trinajstić information content (AvgIpc) is 1.69. The van der Waals surface area contributed by atoms with Crippen LogP contribution in [0.1, 0.15) is 12.8 Å². The number of nitrogens with one attached hydrogen (secondary N) is 1. The number of piperidine rings is 1. The van der Waals surface area contributed by atoms with E-state index in [0.717, 1.165) is 25.9 Å². The predicted molar refractivity (Wildman–Crippen MR) is 35.4 cm³/mol. The third kappa shape index (κ3) is 2.50. The molecule has 0 bridgehead atoms. The van der Waals surface area contributed by atoms with E-state index in [2.05, 4.69) is 5.32 Å². The van der Waals surface area contributed by atoms with E-state index in [4.69, 9.17) is 5.11 Å². The number of hydrogen-bond acceptors (Lipinski definition) is 2. The first-order chi connectivity index (χ1) is 3.39. The maximum absolute atomic E-state index is 8.85. The van der Waals surface area contributed by atoms with Gasteiger partial charge in [-0.1, -0.05) is 0 Å². The molecule has 1 atom stereocenters. The van der Waals surface area contributed by atoms with Gasteiger partial charge < -0.3 is 10.4 Å². The molecule has 0 aliphatic carbocycles. The van der Waals surface area contributed by atoms with Crippen LogP contribution in [0.25, 0.3) is 0 Å².